The minimum absolute atomic E-state index is 0.0515. The first kappa shape index (κ1) is 40.7. The zero-order valence-electron chi connectivity index (χ0n) is 33.3. The second-order valence-electron chi connectivity index (χ2n) is 15.6. The molecule has 1 aliphatic carbocycles. The first-order chi connectivity index (χ1) is 29.0. The topological polar surface area (TPSA) is 201 Å². The van der Waals surface area contributed by atoms with Crippen molar-refractivity contribution in [1.82, 2.24) is 19.6 Å². The average molecular weight is 837 g/mol. The monoisotopic (exact) mass is 836 g/mol. The normalized spacial score (nSPS) is 17.7. The Kier molecular flexibility index (Phi) is 12.0. The summed E-state index contributed by atoms with van der Waals surface area (Å²) in [7, 11) is -4.56. The largest absolute Gasteiger partial charge is 0.455 e. The van der Waals surface area contributed by atoms with E-state index in [4.69, 9.17) is 9.47 Å². The Morgan fingerprint density at radius 2 is 1.80 bits per heavy atom. The molecular formula is C43H48N8O8S. The molecule has 2 fully saturated rings. The van der Waals surface area contributed by atoms with E-state index in [0.29, 0.717) is 44.2 Å². The highest BCUT2D eigenvalue weighted by Gasteiger charge is 2.30. The lowest BCUT2D eigenvalue weighted by atomic mass is 9.96. The number of nitrogens with one attached hydrogen (secondary N) is 4. The summed E-state index contributed by atoms with van der Waals surface area (Å²) < 4.78 is 41.1. The molecule has 3 aliphatic rings. The highest BCUT2D eigenvalue weighted by molar-refractivity contribution is 7.90. The van der Waals surface area contributed by atoms with Crippen LogP contribution in [0.5, 0.6) is 11.5 Å². The number of H-pyrrole nitrogens is 1. The van der Waals surface area contributed by atoms with E-state index in [-0.39, 0.29) is 34.9 Å². The number of nitrogens with zero attached hydrogens (tertiary/aromatic N) is 4. The molecule has 4 N–H and O–H groups in total. The molecule has 60 heavy (non-hydrogen) atoms. The van der Waals surface area contributed by atoms with Crippen molar-refractivity contribution in [2.45, 2.75) is 56.4 Å². The van der Waals surface area contributed by atoms with Crippen molar-refractivity contribution in [2.75, 3.05) is 61.5 Å². The number of carbonyl (C=O) groups is 2. The van der Waals surface area contributed by atoms with Gasteiger partial charge in [0.15, 0.2) is 0 Å². The number of amides is 2. The molecule has 4 heterocycles. The van der Waals surface area contributed by atoms with Gasteiger partial charge in [0.2, 0.25) is 5.91 Å². The Morgan fingerprint density at radius 1 is 0.983 bits per heavy atom. The van der Waals surface area contributed by atoms with E-state index >= 15 is 0 Å². The number of ether oxygens (including phenoxy) is 2. The molecule has 2 aliphatic heterocycles. The van der Waals surface area contributed by atoms with Crippen molar-refractivity contribution in [3.05, 3.63) is 106 Å². The number of fused-ring (bicyclic) bond motifs is 2. The van der Waals surface area contributed by atoms with Gasteiger partial charge in [-0.15, -0.1) is 0 Å². The highest BCUT2D eigenvalue weighted by Crippen LogP contribution is 2.37. The Hall–Kier alpha value is -6.04. The van der Waals surface area contributed by atoms with Crippen LogP contribution in [0.1, 0.15) is 66.6 Å². The number of hydrogen-bond acceptors (Lipinski definition) is 12. The Labute approximate surface area is 347 Å². The molecule has 3 aromatic carbocycles. The number of anilines is 3. The third-order valence-electron chi connectivity index (χ3n) is 11.6. The molecule has 1 atom stereocenters. The van der Waals surface area contributed by atoms with E-state index in [1.807, 2.05) is 12.1 Å². The SMILES string of the molecule is CC(=O)Nc1ccc2c(c1)C(N1CCN(c3ccc(C(=O)NS(=O)(=O)c4ccc(NCC5CCOCC5)c([N+](=O)[O-])c4)c(Oc4cnc5[nH]ccc5c4)c3)CC1)CCCC2. The lowest BCUT2D eigenvalue weighted by molar-refractivity contribution is -0.384. The Bertz CT molecular complexity index is 2510. The number of aromatic amines is 1. The third-order valence-corrected chi connectivity index (χ3v) is 12.9. The van der Waals surface area contributed by atoms with Crippen molar-refractivity contribution in [3.8, 4) is 11.5 Å². The van der Waals surface area contributed by atoms with Crippen molar-refractivity contribution in [1.29, 1.82) is 0 Å². The predicted octanol–water partition coefficient (Wildman–Crippen LogP) is 6.77. The van der Waals surface area contributed by atoms with Gasteiger partial charge >= 0.3 is 0 Å². The number of nitro benzene ring substituents is 1. The van der Waals surface area contributed by atoms with Crippen molar-refractivity contribution in [2.24, 2.45) is 5.92 Å². The van der Waals surface area contributed by atoms with E-state index in [9.17, 15) is 28.1 Å². The van der Waals surface area contributed by atoms with Gasteiger partial charge in [0, 0.05) is 94.0 Å². The number of nitro groups is 1. The quantitative estimate of drug-likeness (QED) is 0.0585. The number of aromatic nitrogens is 2. The predicted molar refractivity (Wildman–Crippen MR) is 227 cm³/mol. The van der Waals surface area contributed by atoms with Crippen LogP contribution in [0, 0.1) is 16.0 Å². The molecule has 0 bridgehead atoms. The maximum atomic E-state index is 13.9. The van der Waals surface area contributed by atoms with Crippen LogP contribution in [0.15, 0.2) is 84.0 Å². The van der Waals surface area contributed by atoms with Crippen molar-refractivity contribution >= 4 is 55.6 Å². The maximum Gasteiger partial charge on any atom is 0.293 e. The molecular weight excluding hydrogens is 789 g/mol. The van der Waals surface area contributed by atoms with Gasteiger partial charge in [0.05, 0.1) is 21.6 Å². The van der Waals surface area contributed by atoms with Gasteiger partial charge in [0.1, 0.15) is 22.8 Å². The molecule has 5 aromatic rings. The smallest absolute Gasteiger partial charge is 0.293 e. The fraction of sp³-hybridized carbons (Fsp3) is 0.372. The highest BCUT2D eigenvalue weighted by atomic mass is 32.2. The number of sulfonamides is 1. The fourth-order valence-corrected chi connectivity index (χ4v) is 9.38. The lowest BCUT2D eigenvalue weighted by Crippen LogP contribution is -2.47. The molecule has 2 amide bonds. The van der Waals surface area contributed by atoms with Crippen LogP contribution < -0.4 is 25.0 Å². The van der Waals surface area contributed by atoms with Crippen molar-refractivity contribution in [3.63, 3.8) is 0 Å². The zero-order chi connectivity index (χ0) is 41.8. The van der Waals surface area contributed by atoms with Crippen LogP contribution >= 0.6 is 0 Å². The van der Waals surface area contributed by atoms with Gasteiger partial charge < -0.3 is 30.0 Å². The molecule has 2 aromatic heterocycles. The van der Waals surface area contributed by atoms with E-state index in [0.717, 1.165) is 74.4 Å². The van der Waals surface area contributed by atoms with Crippen LogP contribution in [0.25, 0.3) is 11.0 Å². The maximum absolute atomic E-state index is 13.9. The molecule has 314 valence electrons. The first-order valence-electron chi connectivity index (χ1n) is 20.3. The van der Waals surface area contributed by atoms with E-state index in [1.165, 1.54) is 42.4 Å². The number of carbonyl (C=O) groups excluding carboxylic acids is 2. The van der Waals surface area contributed by atoms with Gasteiger partial charge in [-0.25, -0.2) is 18.1 Å². The van der Waals surface area contributed by atoms with E-state index in [1.54, 1.807) is 24.4 Å². The Morgan fingerprint density at radius 3 is 2.58 bits per heavy atom. The molecule has 16 nitrogen and oxygen atoms in total. The standard InChI is InChI=1S/C43H48N8O8S/c1-28(52)47-32-7-6-30-4-2-3-5-39(37(30)23-32)50-18-16-49(17-19-50)33-8-10-36(41(24-33)59-34-22-31-12-15-44-42(31)46-27-34)43(53)48-60(56,57)35-9-11-38(40(25-35)51(54)55)45-26-29-13-20-58-21-14-29/h6-12,15,22-25,27,29,39,45H,2-5,13-14,16-21,26H2,1H3,(H,44,46)(H,47,52)(H,48,53). The summed E-state index contributed by atoms with van der Waals surface area (Å²) in [5, 5.41) is 18.9. The molecule has 0 radical (unpaired) electrons. The summed E-state index contributed by atoms with van der Waals surface area (Å²) in [4.78, 5) is 48.9. The summed E-state index contributed by atoms with van der Waals surface area (Å²) in [6.07, 6.45) is 9.14. The van der Waals surface area contributed by atoms with Gasteiger partial charge in [-0.1, -0.05) is 12.5 Å². The van der Waals surface area contributed by atoms with Crippen LogP contribution in [-0.2, 0) is 26.0 Å². The number of piperazine rings is 1. The Balaban J connectivity index is 1.02. The number of benzene rings is 3. The second kappa shape index (κ2) is 17.7. The average Bonchev–Trinajstić information content (AvgIpc) is 3.61. The number of pyridine rings is 1. The molecule has 8 rings (SSSR count). The van der Waals surface area contributed by atoms with E-state index in [2.05, 4.69) is 47.3 Å². The van der Waals surface area contributed by atoms with Gasteiger partial charge in [-0.3, -0.25) is 24.6 Å². The minimum Gasteiger partial charge on any atom is -0.455 e. The summed E-state index contributed by atoms with van der Waals surface area (Å²) >= 11 is 0. The molecule has 2 saturated heterocycles. The first-order valence-corrected chi connectivity index (χ1v) is 21.8. The summed E-state index contributed by atoms with van der Waals surface area (Å²) in [5.74, 6) is -0.348. The van der Waals surface area contributed by atoms with Crippen LogP contribution in [0.2, 0.25) is 0 Å². The van der Waals surface area contributed by atoms with Gasteiger partial charge in [-0.2, -0.15) is 0 Å². The number of aryl methyl sites for hydroxylation is 1. The van der Waals surface area contributed by atoms with Gasteiger partial charge in [-0.05, 0) is 97.7 Å². The van der Waals surface area contributed by atoms with Crippen molar-refractivity contribution < 1.29 is 32.4 Å². The second-order valence-corrected chi connectivity index (χ2v) is 17.2. The summed E-state index contributed by atoms with van der Waals surface area (Å²) in [5.41, 5.74) is 4.53. The number of rotatable bonds is 12. The van der Waals surface area contributed by atoms with Crippen LogP contribution in [0.4, 0.5) is 22.7 Å². The minimum atomic E-state index is -4.56. The van der Waals surface area contributed by atoms with Crippen LogP contribution in [0.3, 0.4) is 0 Å². The zero-order valence-corrected chi connectivity index (χ0v) is 34.1. The molecule has 0 saturated carbocycles. The van der Waals surface area contributed by atoms with E-state index < -0.39 is 31.4 Å². The number of hydrogen-bond donors (Lipinski definition) is 4. The lowest BCUT2D eigenvalue weighted by Gasteiger charge is -2.41. The van der Waals surface area contributed by atoms with Crippen LogP contribution in [-0.4, -0.2) is 86.0 Å². The molecule has 1 unspecified atom stereocenters. The fourth-order valence-electron chi connectivity index (χ4n) is 8.40. The summed E-state index contributed by atoms with van der Waals surface area (Å²) in [6.45, 7) is 6.16. The summed E-state index contributed by atoms with van der Waals surface area (Å²) in [6, 6.07) is 18.6. The van der Waals surface area contributed by atoms with Gasteiger partial charge in [0.25, 0.3) is 21.6 Å². The molecule has 0 spiro atoms. The molecule has 17 heteroatoms. The third kappa shape index (κ3) is 9.22.